The van der Waals surface area contributed by atoms with Crippen LogP contribution in [0.3, 0.4) is 0 Å². The second-order valence-corrected chi connectivity index (χ2v) is 6.38. The second kappa shape index (κ2) is 6.64. The Labute approximate surface area is 134 Å². The molecule has 2 aromatic rings. The summed E-state index contributed by atoms with van der Waals surface area (Å²) >= 11 is 0. The summed E-state index contributed by atoms with van der Waals surface area (Å²) < 4.78 is 5.15. The van der Waals surface area contributed by atoms with Crippen LogP contribution in [0.15, 0.2) is 40.9 Å². The van der Waals surface area contributed by atoms with Crippen molar-refractivity contribution in [3.63, 3.8) is 0 Å². The largest absolute Gasteiger partial charge is 0.480 e. The number of carboxylic acids is 1. The average Bonchev–Trinajstić information content (AvgIpc) is 2.97. The van der Waals surface area contributed by atoms with Crippen molar-refractivity contribution in [2.24, 2.45) is 0 Å². The Morgan fingerprint density at radius 3 is 2.43 bits per heavy atom. The molecule has 2 rings (SSSR count). The molecular formula is C17H20N2O4. The van der Waals surface area contributed by atoms with Crippen molar-refractivity contribution in [1.29, 1.82) is 0 Å². The highest BCUT2D eigenvalue weighted by Crippen LogP contribution is 2.22. The first-order chi connectivity index (χ1) is 10.8. The topological polar surface area (TPSA) is 92.4 Å². The molecule has 0 spiro atoms. The third kappa shape index (κ3) is 4.42. The van der Waals surface area contributed by atoms with Crippen molar-refractivity contribution in [1.82, 2.24) is 10.5 Å². The van der Waals surface area contributed by atoms with Gasteiger partial charge in [0.25, 0.3) is 5.91 Å². The van der Waals surface area contributed by atoms with Gasteiger partial charge in [0.1, 0.15) is 11.8 Å². The lowest BCUT2D eigenvalue weighted by molar-refractivity contribution is -0.139. The predicted octanol–water partition coefficient (Wildman–Crippen LogP) is 2.40. The molecule has 2 N–H and O–H groups in total. The second-order valence-electron chi connectivity index (χ2n) is 6.38. The standard InChI is InChI=1S/C17H20N2O4/c1-17(2,3)14-10-12(19-23-14)15(20)18-13(16(21)22)9-11-7-5-4-6-8-11/h4-8,10,13H,9H2,1-3H3,(H,18,20)(H,21,22)/t13-/m0/s1. The van der Waals surface area contributed by atoms with Gasteiger partial charge in [0, 0.05) is 17.9 Å². The van der Waals surface area contributed by atoms with Gasteiger partial charge in [0.2, 0.25) is 0 Å². The number of hydrogen-bond donors (Lipinski definition) is 2. The monoisotopic (exact) mass is 316 g/mol. The number of carbonyl (C=O) groups is 2. The Morgan fingerprint density at radius 2 is 1.91 bits per heavy atom. The number of amides is 1. The maximum absolute atomic E-state index is 12.2. The first-order valence-corrected chi connectivity index (χ1v) is 7.32. The average molecular weight is 316 g/mol. The molecule has 1 heterocycles. The lowest BCUT2D eigenvalue weighted by Gasteiger charge is -2.13. The Balaban J connectivity index is 2.09. The third-order valence-corrected chi connectivity index (χ3v) is 3.37. The number of nitrogens with one attached hydrogen (secondary N) is 1. The third-order valence-electron chi connectivity index (χ3n) is 3.37. The molecule has 1 atom stereocenters. The summed E-state index contributed by atoms with van der Waals surface area (Å²) in [5.41, 5.74) is 0.631. The van der Waals surface area contributed by atoms with E-state index in [-0.39, 0.29) is 17.5 Å². The van der Waals surface area contributed by atoms with Crippen LogP contribution in [0, 0.1) is 0 Å². The lowest BCUT2D eigenvalue weighted by atomic mass is 9.93. The molecule has 0 saturated carbocycles. The molecule has 23 heavy (non-hydrogen) atoms. The van der Waals surface area contributed by atoms with Crippen molar-refractivity contribution in [3.05, 3.63) is 53.4 Å². The summed E-state index contributed by atoms with van der Waals surface area (Å²) in [5.74, 6) is -1.09. The van der Waals surface area contributed by atoms with Crippen LogP contribution >= 0.6 is 0 Å². The van der Waals surface area contributed by atoms with Gasteiger partial charge in [-0.25, -0.2) is 4.79 Å². The number of carboxylic acid groups (broad SMARTS) is 1. The van der Waals surface area contributed by atoms with Crippen molar-refractivity contribution >= 4 is 11.9 Å². The van der Waals surface area contributed by atoms with Crippen LogP contribution in [-0.2, 0) is 16.6 Å². The fourth-order valence-electron chi connectivity index (χ4n) is 2.02. The highest BCUT2D eigenvalue weighted by atomic mass is 16.5. The van der Waals surface area contributed by atoms with E-state index in [1.807, 2.05) is 51.1 Å². The Morgan fingerprint density at radius 1 is 1.26 bits per heavy atom. The minimum absolute atomic E-state index is 0.0780. The van der Waals surface area contributed by atoms with Crippen LogP contribution in [0.4, 0.5) is 0 Å². The van der Waals surface area contributed by atoms with Crippen molar-refractivity contribution in [3.8, 4) is 0 Å². The highest BCUT2D eigenvalue weighted by Gasteiger charge is 2.25. The SMILES string of the molecule is CC(C)(C)c1cc(C(=O)N[C@@H](Cc2ccccc2)C(=O)O)no1. The summed E-state index contributed by atoms with van der Waals surface area (Å²) in [6.45, 7) is 5.81. The fraction of sp³-hybridized carbons (Fsp3) is 0.353. The summed E-state index contributed by atoms with van der Waals surface area (Å²) in [6.07, 6.45) is 0.200. The molecule has 1 aromatic carbocycles. The Bertz CT molecular complexity index is 686. The number of benzene rings is 1. The van der Waals surface area contributed by atoms with Crippen molar-refractivity contribution in [2.75, 3.05) is 0 Å². The predicted molar refractivity (Wildman–Crippen MR) is 84.2 cm³/mol. The molecule has 0 fully saturated rings. The summed E-state index contributed by atoms with van der Waals surface area (Å²) in [4.78, 5) is 23.6. The molecule has 0 unspecified atom stereocenters. The smallest absolute Gasteiger partial charge is 0.326 e. The van der Waals surface area contributed by atoms with Gasteiger partial charge in [-0.15, -0.1) is 0 Å². The maximum Gasteiger partial charge on any atom is 0.326 e. The van der Waals surface area contributed by atoms with Gasteiger partial charge in [0.15, 0.2) is 5.69 Å². The minimum atomic E-state index is -1.10. The molecule has 0 aliphatic heterocycles. The molecular weight excluding hydrogens is 296 g/mol. The van der Waals surface area contributed by atoms with E-state index in [0.717, 1.165) is 5.56 Å². The van der Waals surface area contributed by atoms with E-state index >= 15 is 0 Å². The molecule has 0 bridgehead atoms. The molecule has 0 aliphatic rings. The van der Waals surface area contributed by atoms with E-state index in [2.05, 4.69) is 10.5 Å². The van der Waals surface area contributed by atoms with Gasteiger partial charge >= 0.3 is 5.97 Å². The van der Waals surface area contributed by atoms with Gasteiger partial charge in [-0.05, 0) is 5.56 Å². The normalized spacial score (nSPS) is 12.7. The van der Waals surface area contributed by atoms with Crippen LogP contribution in [0.25, 0.3) is 0 Å². The minimum Gasteiger partial charge on any atom is -0.480 e. The first-order valence-electron chi connectivity index (χ1n) is 7.32. The first kappa shape index (κ1) is 16.7. The van der Waals surface area contributed by atoms with Crippen LogP contribution in [0.5, 0.6) is 0 Å². The highest BCUT2D eigenvalue weighted by molar-refractivity contribution is 5.95. The van der Waals surface area contributed by atoms with Gasteiger partial charge in [-0.2, -0.15) is 0 Å². The number of aromatic nitrogens is 1. The van der Waals surface area contributed by atoms with Gasteiger partial charge < -0.3 is 14.9 Å². The van der Waals surface area contributed by atoms with E-state index in [1.165, 1.54) is 6.07 Å². The van der Waals surface area contributed by atoms with E-state index in [4.69, 9.17) is 4.52 Å². The van der Waals surface area contributed by atoms with Crippen LogP contribution < -0.4 is 5.32 Å². The quantitative estimate of drug-likeness (QED) is 0.883. The number of hydrogen-bond acceptors (Lipinski definition) is 4. The molecule has 0 aliphatic carbocycles. The Hall–Kier alpha value is -2.63. The van der Waals surface area contributed by atoms with Crippen molar-refractivity contribution in [2.45, 2.75) is 38.6 Å². The van der Waals surface area contributed by atoms with E-state index in [1.54, 1.807) is 0 Å². The zero-order chi connectivity index (χ0) is 17.0. The zero-order valence-electron chi connectivity index (χ0n) is 13.4. The van der Waals surface area contributed by atoms with Crippen LogP contribution in [0.2, 0.25) is 0 Å². The van der Waals surface area contributed by atoms with Crippen LogP contribution in [-0.4, -0.2) is 28.2 Å². The number of nitrogens with zero attached hydrogens (tertiary/aromatic N) is 1. The maximum atomic E-state index is 12.2. The molecule has 0 saturated heterocycles. The van der Waals surface area contributed by atoms with E-state index in [0.29, 0.717) is 5.76 Å². The zero-order valence-corrected chi connectivity index (χ0v) is 13.4. The summed E-state index contributed by atoms with van der Waals surface area (Å²) in [5, 5.41) is 15.5. The summed E-state index contributed by atoms with van der Waals surface area (Å²) in [6, 6.07) is 9.64. The number of carbonyl (C=O) groups excluding carboxylic acids is 1. The molecule has 6 heteroatoms. The lowest BCUT2D eigenvalue weighted by Crippen LogP contribution is -2.42. The van der Waals surface area contributed by atoms with Gasteiger partial charge in [-0.1, -0.05) is 56.3 Å². The van der Waals surface area contributed by atoms with E-state index in [9.17, 15) is 14.7 Å². The number of aliphatic carboxylic acids is 1. The molecule has 122 valence electrons. The molecule has 1 amide bonds. The molecule has 6 nitrogen and oxygen atoms in total. The van der Waals surface area contributed by atoms with Crippen LogP contribution in [0.1, 0.15) is 42.6 Å². The molecule has 0 radical (unpaired) electrons. The van der Waals surface area contributed by atoms with Crippen molar-refractivity contribution < 1.29 is 19.2 Å². The van der Waals surface area contributed by atoms with E-state index < -0.39 is 17.9 Å². The van der Waals surface area contributed by atoms with Gasteiger partial charge in [0.05, 0.1) is 0 Å². The molecule has 1 aromatic heterocycles. The fourth-order valence-corrected chi connectivity index (χ4v) is 2.02. The summed E-state index contributed by atoms with van der Waals surface area (Å²) in [7, 11) is 0. The number of rotatable bonds is 5. The van der Waals surface area contributed by atoms with Gasteiger partial charge in [-0.3, -0.25) is 4.79 Å². The Kier molecular flexibility index (Phi) is 4.83.